The Balaban J connectivity index is 2.05. The Hall–Kier alpha value is -2.83. The molecule has 0 aliphatic rings. The van der Waals surface area contributed by atoms with Crippen molar-refractivity contribution >= 4 is 16.9 Å². The SMILES string of the molecule is O=C(O)c1ccc2c(cnn2-c2ccc(C(F)(F)F)cc2)c1. The number of alkyl halides is 3. The van der Waals surface area contributed by atoms with E-state index in [0.717, 1.165) is 12.1 Å². The molecule has 2 aromatic carbocycles. The predicted octanol–water partition coefficient (Wildman–Crippen LogP) is 3.74. The van der Waals surface area contributed by atoms with Crippen molar-refractivity contribution < 1.29 is 23.1 Å². The number of hydrogen-bond acceptors (Lipinski definition) is 2. The lowest BCUT2D eigenvalue weighted by Crippen LogP contribution is -2.05. The Morgan fingerprint density at radius 3 is 2.36 bits per heavy atom. The molecule has 0 aliphatic heterocycles. The molecule has 4 nitrogen and oxygen atoms in total. The van der Waals surface area contributed by atoms with Crippen LogP contribution in [0.15, 0.2) is 48.7 Å². The van der Waals surface area contributed by atoms with Gasteiger partial charge in [0, 0.05) is 5.39 Å². The third-order valence-corrected chi connectivity index (χ3v) is 3.25. The fourth-order valence-electron chi connectivity index (χ4n) is 2.16. The van der Waals surface area contributed by atoms with E-state index in [1.165, 1.54) is 35.1 Å². The van der Waals surface area contributed by atoms with Crippen molar-refractivity contribution in [2.45, 2.75) is 6.18 Å². The van der Waals surface area contributed by atoms with Gasteiger partial charge >= 0.3 is 12.1 Å². The summed E-state index contributed by atoms with van der Waals surface area (Å²) in [5.74, 6) is -1.05. The van der Waals surface area contributed by atoms with Gasteiger partial charge in [-0.2, -0.15) is 18.3 Å². The maximum atomic E-state index is 12.6. The first kappa shape index (κ1) is 14.1. The van der Waals surface area contributed by atoms with Gasteiger partial charge in [0.15, 0.2) is 0 Å². The average molecular weight is 306 g/mol. The van der Waals surface area contributed by atoms with Crippen molar-refractivity contribution in [1.29, 1.82) is 0 Å². The molecule has 0 atom stereocenters. The molecule has 1 heterocycles. The molecule has 3 rings (SSSR count). The Bertz CT molecular complexity index is 851. The zero-order chi connectivity index (χ0) is 15.9. The number of nitrogens with zero attached hydrogens (tertiary/aromatic N) is 2. The van der Waals surface area contributed by atoms with Gasteiger partial charge in [-0.3, -0.25) is 0 Å². The summed E-state index contributed by atoms with van der Waals surface area (Å²) in [6.07, 6.45) is -2.92. The summed E-state index contributed by atoms with van der Waals surface area (Å²) in [6.45, 7) is 0. The minimum Gasteiger partial charge on any atom is -0.478 e. The molecule has 0 fully saturated rings. The van der Waals surface area contributed by atoms with Gasteiger partial charge in [0.05, 0.1) is 28.5 Å². The van der Waals surface area contributed by atoms with E-state index in [1.807, 2.05) is 0 Å². The molecule has 0 unspecified atom stereocenters. The number of carbonyl (C=O) groups is 1. The maximum absolute atomic E-state index is 12.6. The monoisotopic (exact) mass is 306 g/mol. The highest BCUT2D eigenvalue weighted by Crippen LogP contribution is 2.30. The van der Waals surface area contributed by atoms with Crippen LogP contribution in [0.2, 0.25) is 0 Å². The van der Waals surface area contributed by atoms with E-state index < -0.39 is 17.7 Å². The summed E-state index contributed by atoms with van der Waals surface area (Å²) in [7, 11) is 0. The number of hydrogen-bond donors (Lipinski definition) is 1. The van der Waals surface area contributed by atoms with Gasteiger partial charge in [-0.25, -0.2) is 9.48 Å². The van der Waals surface area contributed by atoms with Crippen LogP contribution in [0.1, 0.15) is 15.9 Å². The highest BCUT2D eigenvalue weighted by molar-refractivity contribution is 5.93. The second kappa shape index (κ2) is 4.87. The first-order valence-corrected chi connectivity index (χ1v) is 6.25. The Kier molecular flexibility index (Phi) is 3.13. The van der Waals surface area contributed by atoms with Crippen LogP contribution in [0.25, 0.3) is 16.6 Å². The molecule has 0 saturated heterocycles. The summed E-state index contributed by atoms with van der Waals surface area (Å²) in [5, 5.41) is 13.6. The number of halogens is 3. The number of fused-ring (bicyclic) bond motifs is 1. The molecule has 7 heteroatoms. The molecule has 0 radical (unpaired) electrons. The van der Waals surface area contributed by atoms with Crippen LogP contribution in [0.3, 0.4) is 0 Å². The molecule has 0 bridgehead atoms. The first-order valence-electron chi connectivity index (χ1n) is 6.25. The number of aromatic nitrogens is 2. The molecular formula is C15H9F3N2O2. The number of benzene rings is 2. The second-order valence-electron chi connectivity index (χ2n) is 4.68. The van der Waals surface area contributed by atoms with E-state index in [2.05, 4.69) is 5.10 Å². The fourth-order valence-corrected chi connectivity index (χ4v) is 2.16. The molecule has 1 N–H and O–H groups in total. The topological polar surface area (TPSA) is 55.1 Å². The minimum atomic E-state index is -4.39. The van der Waals surface area contributed by atoms with Crippen LogP contribution < -0.4 is 0 Å². The second-order valence-corrected chi connectivity index (χ2v) is 4.68. The van der Waals surface area contributed by atoms with E-state index in [9.17, 15) is 18.0 Å². The largest absolute Gasteiger partial charge is 0.478 e. The van der Waals surface area contributed by atoms with Gasteiger partial charge in [-0.05, 0) is 42.5 Å². The minimum absolute atomic E-state index is 0.125. The molecule has 0 saturated carbocycles. The smallest absolute Gasteiger partial charge is 0.416 e. The van der Waals surface area contributed by atoms with Crippen LogP contribution in [0.5, 0.6) is 0 Å². The summed E-state index contributed by atoms with van der Waals surface area (Å²) in [4.78, 5) is 10.9. The van der Waals surface area contributed by atoms with E-state index >= 15 is 0 Å². The van der Waals surface area contributed by atoms with Crippen LogP contribution >= 0.6 is 0 Å². The zero-order valence-electron chi connectivity index (χ0n) is 11.0. The Morgan fingerprint density at radius 2 is 1.77 bits per heavy atom. The standard InChI is InChI=1S/C15H9F3N2O2/c16-15(17,18)11-2-4-12(5-3-11)20-13-6-1-9(14(21)22)7-10(13)8-19-20/h1-8H,(H,21,22). The van der Waals surface area contributed by atoms with Crippen molar-refractivity contribution in [1.82, 2.24) is 9.78 Å². The lowest BCUT2D eigenvalue weighted by molar-refractivity contribution is -0.137. The quantitative estimate of drug-likeness (QED) is 0.784. The lowest BCUT2D eigenvalue weighted by atomic mass is 10.1. The summed E-state index contributed by atoms with van der Waals surface area (Å²) in [6, 6.07) is 9.06. The van der Waals surface area contributed by atoms with Crippen molar-refractivity contribution in [3.8, 4) is 5.69 Å². The third kappa shape index (κ3) is 2.41. The van der Waals surface area contributed by atoms with Crippen molar-refractivity contribution in [2.75, 3.05) is 0 Å². The summed E-state index contributed by atoms with van der Waals surface area (Å²) < 4.78 is 39.1. The zero-order valence-corrected chi connectivity index (χ0v) is 11.0. The Labute approximate surface area is 122 Å². The van der Waals surface area contributed by atoms with Gasteiger partial charge in [0.2, 0.25) is 0 Å². The number of rotatable bonds is 2. The summed E-state index contributed by atoms with van der Waals surface area (Å²) >= 11 is 0. The van der Waals surface area contributed by atoms with E-state index in [-0.39, 0.29) is 5.56 Å². The van der Waals surface area contributed by atoms with Gasteiger partial charge in [-0.15, -0.1) is 0 Å². The van der Waals surface area contributed by atoms with Crippen LogP contribution in [-0.4, -0.2) is 20.9 Å². The third-order valence-electron chi connectivity index (χ3n) is 3.25. The highest BCUT2D eigenvalue weighted by atomic mass is 19.4. The van der Waals surface area contributed by atoms with Gasteiger partial charge in [0.25, 0.3) is 0 Å². The molecule has 22 heavy (non-hydrogen) atoms. The fraction of sp³-hybridized carbons (Fsp3) is 0.0667. The Morgan fingerprint density at radius 1 is 1.09 bits per heavy atom. The van der Waals surface area contributed by atoms with Gasteiger partial charge < -0.3 is 5.11 Å². The number of aromatic carboxylic acids is 1. The van der Waals surface area contributed by atoms with E-state index in [1.54, 1.807) is 6.07 Å². The maximum Gasteiger partial charge on any atom is 0.416 e. The molecule has 1 aromatic heterocycles. The van der Waals surface area contributed by atoms with E-state index in [4.69, 9.17) is 5.11 Å². The molecule has 0 amide bonds. The average Bonchev–Trinajstić information content (AvgIpc) is 2.89. The molecule has 3 aromatic rings. The highest BCUT2D eigenvalue weighted by Gasteiger charge is 2.30. The lowest BCUT2D eigenvalue weighted by Gasteiger charge is -2.08. The van der Waals surface area contributed by atoms with Gasteiger partial charge in [0.1, 0.15) is 0 Å². The van der Waals surface area contributed by atoms with Crippen LogP contribution in [0, 0.1) is 0 Å². The molecular weight excluding hydrogens is 297 g/mol. The molecule has 0 spiro atoms. The normalized spacial score (nSPS) is 11.8. The molecule has 0 aliphatic carbocycles. The van der Waals surface area contributed by atoms with Crippen LogP contribution in [-0.2, 0) is 6.18 Å². The van der Waals surface area contributed by atoms with Crippen molar-refractivity contribution in [3.05, 3.63) is 59.8 Å². The summed E-state index contributed by atoms with van der Waals surface area (Å²) in [5.41, 5.74) is 0.469. The van der Waals surface area contributed by atoms with Crippen molar-refractivity contribution in [2.24, 2.45) is 0 Å². The van der Waals surface area contributed by atoms with Gasteiger partial charge in [-0.1, -0.05) is 0 Å². The van der Waals surface area contributed by atoms with E-state index in [0.29, 0.717) is 16.6 Å². The number of carboxylic acids is 1. The van der Waals surface area contributed by atoms with Crippen LogP contribution in [0.4, 0.5) is 13.2 Å². The predicted molar refractivity (Wildman–Crippen MR) is 73.0 cm³/mol. The molecule has 112 valence electrons. The number of carboxylic acid groups (broad SMARTS) is 1. The first-order chi connectivity index (χ1) is 10.4. The van der Waals surface area contributed by atoms with Crippen molar-refractivity contribution in [3.63, 3.8) is 0 Å².